The summed E-state index contributed by atoms with van der Waals surface area (Å²) in [6.07, 6.45) is 0. The van der Waals surface area contributed by atoms with E-state index in [2.05, 4.69) is 0 Å². The lowest BCUT2D eigenvalue weighted by atomic mass is 10.0. The Morgan fingerprint density at radius 2 is 1.50 bits per heavy atom. The monoisotopic (exact) mass is 197 g/mol. The third-order valence-electron chi connectivity index (χ3n) is 3.24. The van der Waals surface area contributed by atoms with Crippen LogP contribution in [0.25, 0.3) is 0 Å². The molecule has 0 unspecified atom stereocenters. The largest absolute Gasteiger partial charge is 0.351 e. The van der Waals surface area contributed by atoms with E-state index >= 15 is 0 Å². The summed E-state index contributed by atoms with van der Waals surface area (Å²) in [6, 6.07) is -0.339. The van der Waals surface area contributed by atoms with Crippen molar-refractivity contribution in [2.24, 2.45) is 17.6 Å². The molecule has 2 heterocycles. The molecule has 0 bridgehead atoms. The van der Waals surface area contributed by atoms with Crippen LogP contribution in [0.3, 0.4) is 0 Å². The molecule has 2 aliphatic heterocycles. The predicted molar refractivity (Wildman–Crippen MR) is 50.4 cm³/mol. The second-order valence-corrected chi connectivity index (χ2v) is 4.19. The summed E-state index contributed by atoms with van der Waals surface area (Å²) in [4.78, 5) is 25.6. The number of amides is 3. The van der Waals surface area contributed by atoms with Crippen LogP contribution in [-0.4, -0.2) is 47.9 Å². The van der Waals surface area contributed by atoms with Gasteiger partial charge in [0.2, 0.25) is 5.91 Å². The molecule has 2 rings (SSSR count). The molecule has 0 aromatic heterocycles. The van der Waals surface area contributed by atoms with Gasteiger partial charge in [-0.3, -0.25) is 4.79 Å². The van der Waals surface area contributed by atoms with Crippen molar-refractivity contribution in [1.29, 1.82) is 0 Å². The number of hydrogen-bond acceptors (Lipinski definition) is 2. The first-order valence-electron chi connectivity index (χ1n) is 4.88. The number of primary amides is 1. The molecule has 2 N–H and O–H groups in total. The molecular weight excluding hydrogens is 182 g/mol. The first kappa shape index (κ1) is 9.30. The summed E-state index contributed by atoms with van der Waals surface area (Å²) >= 11 is 0. The molecule has 0 aliphatic carbocycles. The summed E-state index contributed by atoms with van der Waals surface area (Å²) in [5.74, 6) is 1.00. The summed E-state index contributed by atoms with van der Waals surface area (Å²) in [6.45, 7) is 4.58. The van der Waals surface area contributed by atoms with Crippen LogP contribution in [-0.2, 0) is 4.79 Å². The Bertz CT molecular complexity index is 239. The van der Waals surface area contributed by atoms with Crippen molar-refractivity contribution < 1.29 is 9.59 Å². The third-order valence-corrected chi connectivity index (χ3v) is 3.24. The molecule has 0 aromatic carbocycles. The second-order valence-electron chi connectivity index (χ2n) is 4.19. The van der Waals surface area contributed by atoms with E-state index in [1.807, 2.05) is 4.90 Å². The fourth-order valence-corrected chi connectivity index (χ4v) is 2.43. The van der Waals surface area contributed by atoms with E-state index in [4.69, 9.17) is 5.73 Å². The highest BCUT2D eigenvalue weighted by molar-refractivity contribution is 5.74. The number of likely N-dealkylation sites (tertiary alicyclic amines) is 2. The molecule has 3 amide bonds. The summed E-state index contributed by atoms with van der Waals surface area (Å²) in [5.41, 5.74) is 5.20. The van der Waals surface area contributed by atoms with Gasteiger partial charge in [-0.1, -0.05) is 0 Å². The standard InChI is InChI=1S/C9H15N3O2/c1-6(13)11-2-7-4-12(9(10)14)5-8(7)3-11/h7-8H,2-5H2,1H3,(H2,10,14)/t7-,8+. The van der Waals surface area contributed by atoms with Crippen molar-refractivity contribution in [3.63, 3.8) is 0 Å². The van der Waals surface area contributed by atoms with Crippen molar-refractivity contribution in [1.82, 2.24) is 9.80 Å². The molecule has 0 radical (unpaired) electrons. The zero-order valence-corrected chi connectivity index (χ0v) is 8.27. The van der Waals surface area contributed by atoms with Crippen LogP contribution < -0.4 is 5.73 Å². The normalized spacial score (nSPS) is 30.6. The van der Waals surface area contributed by atoms with Gasteiger partial charge in [0.25, 0.3) is 0 Å². The molecule has 0 saturated carbocycles. The minimum Gasteiger partial charge on any atom is -0.351 e. The molecule has 78 valence electrons. The van der Waals surface area contributed by atoms with E-state index in [0.29, 0.717) is 24.9 Å². The lowest BCUT2D eigenvalue weighted by Crippen LogP contribution is -2.37. The number of fused-ring (bicyclic) bond motifs is 1. The quantitative estimate of drug-likeness (QED) is 0.567. The molecule has 5 nitrogen and oxygen atoms in total. The van der Waals surface area contributed by atoms with Gasteiger partial charge in [-0.25, -0.2) is 4.79 Å². The van der Waals surface area contributed by atoms with Crippen LogP contribution in [0, 0.1) is 11.8 Å². The Kier molecular flexibility index (Phi) is 2.09. The summed E-state index contributed by atoms with van der Waals surface area (Å²) in [7, 11) is 0. The molecule has 14 heavy (non-hydrogen) atoms. The maximum Gasteiger partial charge on any atom is 0.314 e. The molecule has 2 fully saturated rings. The van der Waals surface area contributed by atoms with Gasteiger partial charge in [-0.2, -0.15) is 0 Å². The van der Waals surface area contributed by atoms with Crippen molar-refractivity contribution in [3.8, 4) is 0 Å². The van der Waals surface area contributed by atoms with Crippen molar-refractivity contribution in [2.75, 3.05) is 26.2 Å². The molecule has 5 heteroatoms. The van der Waals surface area contributed by atoms with Crippen molar-refractivity contribution in [2.45, 2.75) is 6.92 Å². The van der Waals surface area contributed by atoms with Gasteiger partial charge < -0.3 is 15.5 Å². The van der Waals surface area contributed by atoms with Gasteiger partial charge in [-0.15, -0.1) is 0 Å². The number of carbonyl (C=O) groups is 2. The van der Waals surface area contributed by atoms with Gasteiger partial charge in [-0.05, 0) is 0 Å². The van der Waals surface area contributed by atoms with E-state index < -0.39 is 0 Å². The lowest BCUT2D eigenvalue weighted by molar-refractivity contribution is -0.128. The number of nitrogens with two attached hydrogens (primary N) is 1. The Morgan fingerprint density at radius 1 is 1.07 bits per heavy atom. The van der Waals surface area contributed by atoms with E-state index in [1.165, 1.54) is 0 Å². The summed E-state index contributed by atoms with van der Waals surface area (Å²) < 4.78 is 0. The highest BCUT2D eigenvalue weighted by Crippen LogP contribution is 2.30. The smallest absolute Gasteiger partial charge is 0.314 e. The number of rotatable bonds is 0. The zero-order valence-electron chi connectivity index (χ0n) is 8.27. The highest BCUT2D eigenvalue weighted by atomic mass is 16.2. The number of nitrogens with zero attached hydrogens (tertiary/aromatic N) is 2. The van der Waals surface area contributed by atoms with Gasteiger partial charge in [0.05, 0.1) is 0 Å². The number of carbonyl (C=O) groups excluding carboxylic acids is 2. The SMILES string of the molecule is CC(=O)N1C[C@@H]2CN(C(N)=O)C[C@@H]2C1. The first-order valence-corrected chi connectivity index (χ1v) is 4.88. The van der Waals surface area contributed by atoms with Crippen LogP contribution in [0.4, 0.5) is 4.79 Å². The first-order chi connectivity index (χ1) is 6.58. The molecule has 2 aliphatic rings. The molecule has 2 saturated heterocycles. The van der Waals surface area contributed by atoms with Crippen LogP contribution in [0.15, 0.2) is 0 Å². The highest BCUT2D eigenvalue weighted by Gasteiger charge is 2.41. The number of hydrogen-bond donors (Lipinski definition) is 1. The van der Waals surface area contributed by atoms with E-state index in [0.717, 1.165) is 13.1 Å². The Labute approximate surface area is 82.8 Å². The topological polar surface area (TPSA) is 66.6 Å². The lowest BCUT2D eigenvalue weighted by Gasteiger charge is -2.19. The minimum atomic E-state index is -0.339. The fraction of sp³-hybridized carbons (Fsp3) is 0.778. The van der Waals surface area contributed by atoms with Crippen molar-refractivity contribution in [3.05, 3.63) is 0 Å². The molecule has 0 aromatic rings. The minimum absolute atomic E-state index is 0.130. The summed E-state index contributed by atoms with van der Waals surface area (Å²) in [5, 5.41) is 0. The molecule has 2 atom stereocenters. The molecule has 0 spiro atoms. The maximum absolute atomic E-state index is 11.1. The predicted octanol–water partition coefficient (Wildman–Crippen LogP) is -0.525. The van der Waals surface area contributed by atoms with Crippen LogP contribution in [0.2, 0.25) is 0 Å². The fourth-order valence-electron chi connectivity index (χ4n) is 2.43. The average molecular weight is 197 g/mol. The third kappa shape index (κ3) is 1.42. The Balaban J connectivity index is 1.96. The van der Waals surface area contributed by atoms with E-state index in [-0.39, 0.29) is 11.9 Å². The second kappa shape index (κ2) is 3.15. The Morgan fingerprint density at radius 3 is 1.86 bits per heavy atom. The number of urea groups is 1. The van der Waals surface area contributed by atoms with E-state index in [1.54, 1.807) is 11.8 Å². The van der Waals surface area contributed by atoms with E-state index in [9.17, 15) is 9.59 Å². The molecular formula is C9H15N3O2. The van der Waals surface area contributed by atoms with Gasteiger partial charge >= 0.3 is 6.03 Å². The van der Waals surface area contributed by atoms with Gasteiger partial charge in [0.1, 0.15) is 0 Å². The Hall–Kier alpha value is -1.26. The maximum atomic E-state index is 11.1. The van der Waals surface area contributed by atoms with Gasteiger partial charge in [0.15, 0.2) is 0 Å². The average Bonchev–Trinajstić information content (AvgIpc) is 2.57. The zero-order chi connectivity index (χ0) is 10.3. The van der Waals surface area contributed by atoms with Gasteiger partial charge in [0, 0.05) is 44.9 Å². The van der Waals surface area contributed by atoms with Crippen LogP contribution in [0.1, 0.15) is 6.92 Å². The van der Waals surface area contributed by atoms with Crippen molar-refractivity contribution >= 4 is 11.9 Å². The van der Waals surface area contributed by atoms with Crippen LogP contribution in [0.5, 0.6) is 0 Å². The van der Waals surface area contributed by atoms with Crippen LogP contribution >= 0.6 is 0 Å².